The number of rotatable bonds is 3. The first-order valence-corrected chi connectivity index (χ1v) is 7.49. The fourth-order valence-corrected chi connectivity index (χ4v) is 3.80. The van der Waals surface area contributed by atoms with E-state index in [0.29, 0.717) is 12.8 Å². The summed E-state index contributed by atoms with van der Waals surface area (Å²) >= 11 is 0. The minimum absolute atomic E-state index is 0.0720. The Kier molecular flexibility index (Phi) is 4.01. The summed E-state index contributed by atoms with van der Waals surface area (Å²) < 4.78 is 26.1. The second-order valence-electron chi connectivity index (χ2n) is 4.50. The molecule has 1 aromatic heterocycles. The first-order chi connectivity index (χ1) is 9.46. The molecule has 1 aliphatic heterocycles. The van der Waals surface area contributed by atoms with Crippen molar-refractivity contribution in [2.45, 2.75) is 17.7 Å². The minimum atomic E-state index is -3.89. The number of piperidine rings is 1. The lowest BCUT2D eigenvalue weighted by Gasteiger charge is -2.29. The maximum atomic E-state index is 12.5. The van der Waals surface area contributed by atoms with Gasteiger partial charge in [-0.05, 0) is 25.0 Å². The van der Waals surface area contributed by atoms with Crippen LogP contribution in [0.2, 0.25) is 0 Å². The standard InChI is InChI=1S/C12H13N3O4S/c13-7-10-11(4-1-5-14-10)20(18,19)15-6-2-3-9(8-15)12(16)17/h1,4-5,9H,2-3,6,8H2,(H,16,17)/t9-/m0/s1. The van der Waals surface area contributed by atoms with Gasteiger partial charge in [-0.2, -0.15) is 9.57 Å². The van der Waals surface area contributed by atoms with Crippen molar-refractivity contribution in [2.24, 2.45) is 5.92 Å². The Labute approximate surface area is 116 Å². The number of hydrogen-bond donors (Lipinski definition) is 1. The number of carbonyl (C=O) groups is 1. The normalized spacial score (nSPS) is 20.2. The molecule has 0 spiro atoms. The quantitative estimate of drug-likeness (QED) is 0.866. The fraction of sp³-hybridized carbons (Fsp3) is 0.417. The highest BCUT2D eigenvalue weighted by atomic mass is 32.2. The van der Waals surface area contributed by atoms with Crippen LogP contribution in [0.25, 0.3) is 0 Å². The smallest absolute Gasteiger partial charge is 0.307 e. The van der Waals surface area contributed by atoms with Crippen LogP contribution in [0.15, 0.2) is 23.2 Å². The Hall–Kier alpha value is -1.98. The van der Waals surface area contributed by atoms with Gasteiger partial charge in [0.2, 0.25) is 10.0 Å². The van der Waals surface area contributed by atoms with Crippen molar-refractivity contribution in [3.63, 3.8) is 0 Å². The Morgan fingerprint density at radius 1 is 1.55 bits per heavy atom. The Morgan fingerprint density at radius 3 is 2.95 bits per heavy atom. The van der Waals surface area contributed by atoms with Crippen LogP contribution < -0.4 is 0 Å². The largest absolute Gasteiger partial charge is 0.481 e. The van der Waals surface area contributed by atoms with Crippen LogP contribution in [0.5, 0.6) is 0 Å². The minimum Gasteiger partial charge on any atom is -0.481 e. The molecule has 1 saturated heterocycles. The van der Waals surface area contributed by atoms with Crippen LogP contribution in [0, 0.1) is 17.2 Å². The number of carboxylic acids is 1. The topological polar surface area (TPSA) is 111 Å². The molecule has 0 saturated carbocycles. The predicted octanol–water partition coefficient (Wildman–Crippen LogP) is 0.439. The van der Waals surface area contributed by atoms with Gasteiger partial charge in [0.25, 0.3) is 0 Å². The number of sulfonamides is 1. The van der Waals surface area contributed by atoms with Gasteiger partial charge in [0, 0.05) is 19.3 Å². The van der Waals surface area contributed by atoms with E-state index in [4.69, 9.17) is 10.4 Å². The number of nitrogens with zero attached hydrogens (tertiary/aromatic N) is 3. The SMILES string of the molecule is N#Cc1ncccc1S(=O)(=O)N1CCC[C@H](C(=O)O)C1. The molecule has 0 unspecified atom stereocenters. The Bertz CT molecular complexity index is 666. The predicted molar refractivity (Wildman–Crippen MR) is 68.1 cm³/mol. The first-order valence-electron chi connectivity index (χ1n) is 6.05. The third-order valence-corrected chi connectivity index (χ3v) is 5.12. The van der Waals surface area contributed by atoms with E-state index in [9.17, 15) is 13.2 Å². The van der Waals surface area contributed by atoms with Crippen molar-refractivity contribution in [3.05, 3.63) is 24.0 Å². The molecule has 2 heterocycles. The van der Waals surface area contributed by atoms with Crippen molar-refractivity contribution >= 4 is 16.0 Å². The highest BCUT2D eigenvalue weighted by molar-refractivity contribution is 7.89. The number of carboxylic acid groups (broad SMARTS) is 1. The average molecular weight is 295 g/mol. The molecule has 1 atom stereocenters. The highest BCUT2D eigenvalue weighted by Gasteiger charge is 2.34. The lowest BCUT2D eigenvalue weighted by molar-refractivity contribution is -0.142. The van der Waals surface area contributed by atoms with Crippen molar-refractivity contribution in [2.75, 3.05) is 13.1 Å². The second kappa shape index (κ2) is 5.56. The molecule has 1 fully saturated rings. The zero-order valence-corrected chi connectivity index (χ0v) is 11.4. The zero-order valence-electron chi connectivity index (χ0n) is 10.6. The maximum absolute atomic E-state index is 12.5. The lowest BCUT2D eigenvalue weighted by Crippen LogP contribution is -2.42. The number of aliphatic carboxylic acids is 1. The van der Waals surface area contributed by atoms with Gasteiger partial charge in [-0.1, -0.05) is 0 Å². The van der Waals surface area contributed by atoms with Crippen molar-refractivity contribution in [1.82, 2.24) is 9.29 Å². The number of pyridine rings is 1. The molecule has 0 aromatic carbocycles. The van der Waals surface area contributed by atoms with E-state index >= 15 is 0 Å². The number of nitriles is 1. The fourth-order valence-electron chi connectivity index (χ4n) is 2.18. The van der Waals surface area contributed by atoms with Gasteiger partial charge in [0.05, 0.1) is 5.92 Å². The van der Waals surface area contributed by atoms with Gasteiger partial charge >= 0.3 is 5.97 Å². The van der Waals surface area contributed by atoms with Crippen molar-refractivity contribution in [1.29, 1.82) is 5.26 Å². The van der Waals surface area contributed by atoms with Gasteiger partial charge in [0.1, 0.15) is 11.0 Å². The van der Waals surface area contributed by atoms with E-state index in [0.717, 1.165) is 4.31 Å². The van der Waals surface area contributed by atoms with Crippen LogP contribution in [-0.2, 0) is 14.8 Å². The van der Waals surface area contributed by atoms with Crippen LogP contribution in [0.1, 0.15) is 18.5 Å². The van der Waals surface area contributed by atoms with Gasteiger partial charge in [-0.3, -0.25) is 4.79 Å². The van der Waals surface area contributed by atoms with E-state index in [1.165, 1.54) is 18.3 Å². The van der Waals surface area contributed by atoms with Crippen LogP contribution in [0.4, 0.5) is 0 Å². The molecule has 0 amide bonds. The summed E-state index contributed by atoms with van der Waals surface area (Å²) in [6, 6.07) is 4.49. The zero-order chi connectivity index (χ0) is 14.8. The van der Waals surface area contributed by atoms with E-state index in [-0.39, 0.29) is 23.7 Å². The Morgan fingerprint density at radius 2 is 2.30 bits per heavy atom. The molecule has 1 N–H and O–H groups in total. The third-order valence-electron chi connectivity index (χ3n) is 3.23. The highest BCUT2D eigenvalue weighted by Crippen LogP contribution is 2.24. The van der Waals surface area contributed by atoms with Gasteiger partial charge in [-0.25, -0.2) is 13.4 Å². The molecule has 0 aliphatic carbocycles. The summed E-state index contributed by atoms with van der Waals surface area (Å²) in [4.78, 5) is 14.6. The second-order valence-corrected chi connectivity index (χ2v) is 6.41. The van der Waals surface area contributed by atoms with Gasteiger partial charge in [-0.15, -0.1) is 0 Å². The summed E-state index contributed by atoms with van der Waals surface area (Å²) in [6.45, 7) is 0.184. The van der Waals surface area contributed by atoms with Crippen molar-refractivity contribution < 1.29 is 18.3 Å². The molecule has 1 aliphatic rings. The van der Waals surface area contributed by atoms with E-state index < -0.39 is 21.9 Å². The summed E-state index contributed by atoms with van der Waals surface area (Å²) in [5.41, 5.74) is -0.176. The number of hydrogen-bond acceptors (Lipinski definition) is 5. The van der Waals surface area contributed by atoms with Crippen LogP contribution in [-0.4, -0.2) is 41.9 Å². The molecule has 0 radical (unpaired) electrons. The molecular formula is C12H13N3O4S. The van der Waals surface area contributed by atoms with E-state index in [1.54, 1.807) is 6.07 Å². The molecule has 7 nitrogen and oxygen atoms in total. The number of aromatic nitrogens is 1. The summed E-state index contributed by atoms with van der Waals surface area (Å²) in [5.74, 6) is -1.71. The Balaban J connectivity index is 2.35. The van der Waals surface area contributed by atoms with Gasteiger partial charge in [0.15, 0.2) is 5.69 Å². The first kappa shape index (κ1) is 14.4. The third kappa shape index (κ3) is 2.64. The summed E-state index contributed by atoms with van der Waals surface area (Å²) in [7, 11) is -3.89. The molecule has 8 heteroatoms. The summed E-state index contributed by atoms with van der Waals surface area (Å²) in [6.07, 6.45) is 2.28. The molecule has 1 aromatic rings. The van der Waals surface area contributed by atoms with E-state index in [1.807, 2.05) is 0 Å². The molecule has 0 bridgehead atoms. The lowest BCUT2D eigenvalue weighted by atomic mass is 10.0. The average Bonchev–Trinajstić information content (AvgIpc) is 2.47. The van der Waals surface area contributed by atoms with Crippen LogP contribution in [0.3, 0.4) is 0 Å². The molecule has 20 heavy (non-hydrogen) atoms. The maximum Gasteiger partial charge on any atom is 0.307 e. The van der Waals surface area contributed by atoms with Crippen molar-refractivity contribution in [3.8, 4) is 6.07 Å². The summed E-state index contributed by atoms with van der Waals surface area (Å²) in [5, 5.41) is 17.9. The monoisotopic (exact) mass is 295 g/mol. The molecule has 106 valence electrons. The molecule has 2 rings (SSSR count). The van der Waals surface area contributed by atoms with Crippen LogP contribution >= 0.6 is 0 Å². The van der Waals surface area contributed by atoms with Gasteiger partial charge < -0.3 is 5.11 Å². The van der Waals surface area contributed by atoms with E-state index in [2.05, 4.69) is 4.98 Å². The molecular weight excluding hydrogens is 282 g/mol.